The number of pyridine rings is 1. The summed E-state index contributed by atoms with van der Waals surface area (Å²) >= 11 is 0. The van der Waals surface area contributed by atoms with Crippen LogP contribution in [0.1, 0.15) is 0 Å². The maximum Gasteiger partial charge on any atom is 0.204 e. The SMILES string of the molecule is Cn1nnc(-c2ccc3ncccc3c2)n1. The minimum atomic E-state index is 0.633. The van der Waals surface area contributed by atoms with Crippen LogP contribution >= 0.6 is 0 Å². The Morgan fingerprint density at radius 2 is 2.12 bits per heavy atom. The Hall–Kier alpha value is -2.30. The maximum absolute atomic E-state index is 4.26. The van der Waals surface area contributed by atoms with E-state index in [1.54, 1.807) is 13.2 Å². The van der Waals surface area contributed by atoms with Crippen LogP contribution < -0.4 is 0 Å². The molecular weight excluding hydrogens is 202 g/mol. The molecule has 0 aliphatic heterocycles. The molecule has 5 heteroatoms. The van der Waals surface area contributed by atoms with E-state index in [0.29, 0.717) is 5.82 Å². The van der Waals surface area contributed by atoms with Gasteiger partial charge in [0.1, 0.15) is 0 Å². The highest BCUT2D eigenvalue weighted by molar-refractivity contribution is 5.82. The number of rotatable bonds is 1. The normalized spacial score (nSPS) is 10.8. The van der Waals surface area contributed by atoms with Crippen LogP contribution in [0, 0.1) is 0 Å². The number of hydrogen-bond donors (Lipinski definition) is 0. The van der Waals surface area contributed by atoms with E-state index in [4.69, 9.17) is 0 Å². The van der Waals surface area contributed by atoms with E-state index in [9.17, 15) is 0 Å². The Bertz CT molecular complexity index is 643. The number of aromatic nitrogens is 5. The first kappa shape index (κ1) is 8.96. The third kappa shape index (κ3) is 1.42. The molecule has 3 aromatic rings. The summed E-state index contributed by atoms with van der Waals surface area (Å²) in [5, 5.41) is 13.0. The van der Waals surface area contributed by atoms with E-state index in [0.717, 1.165) is 16.5 Å². The summed E-state index contributed by atoms with van der Waals surface area (Å²) < 4.78 is 0. The van der Waals surface area contributed by atoms with E-state index in [1.807, 2.05) is 30.3 Å². The third-order valence-electron chi connectivity index (χ3n) is 2.37. The van der Waals surface area contributed by atoms with Gasteiger partial charge >= 0.3 is 0 Å². The standard InChI is InChI=1S/C11H9N5/c1-16-14-11(13-15-16)9-4-5-10-8(7-9)3-2-6-12-10/h2-7H,1H3. The molecule has 3 rings (SSSR count). The molecule has 0 saturated heterocycles. The van der Waals surface area contributed by atoms with Crippen molar-refractivity contribution < 1.29 is 0 Å². The molecule has 0 radical (unpaired) electrons. The summed E-state index contributed by atoms with van der Waals surface area (Å²) in [4.78, 5) is 5.71. The molecule has 2 aromatic heterocycles. The first-order chi connectivity index (χ1) is 7.83. The monoisotopic (exact) mass is 211 g/mol. The average molecular weight is 211 g/mol. The van der Waals surface area contributed by atoms with E-state index in [-0.39, 0.29) is 0 Å². The average Bonchev–Trinajstić information content (AvgIpc) is 2.75. The first-order valence-corrected chi connectivity index (χ1v) is 4.92. The van der Waals surface area contributed by atoms with Crippen molar-refractivity contribution in [3.8, 4) is 11.4 Å². The maximum atomic E-state index is 4.26. The molecule has 0 atom stereocenters. The van der Waals surface area contributed by atoms with Crippen LogP contribution in [0.3, 0.4) is 0 Å². The molecule has 0 N–H and O–H groups in total. The van der Waals surface area contributed by atoms with Gasteiger partial charge in [-0.25, -0.2) is 0 Å². The lowest BCUT2D eigenvalue weighted by atomic mass is 10.1. The molecule has 0 bridgehead atoms. The summed E-state index contributed by atoms with van der Waals surface area (Å²) in [6.45, 7) is 0. The van der Waals surface area contributed by atoms with Gasteiger partial charge in [0.25, 0.3) is 0 Å². The van der Waals surface area contributed by atoms with E-state index in [1.165, 1.54) is 4.80 Å². The summed E-state index contributed by atoms with van der Waals surface area (Å²) in [6.07, 6.45) is 1.78. The highest BCUT2D eigenvalue weighted by atomic mass is 15.6. The molecule has 78 valence electrons. The van der Waals surface area contributed by atoms with Crippen molar-refractivity contribution in [2.75, 3.05) is 0 Å². The lowest BCUT2D eigenvalue weighted by Crippen LogP contribution is -1.91. The van der Waals surface area contributed by atoms with Crippen LogP contribution in [0.25, 0.3) is 22.3 Å². The van der Waals surface area contributed by atoms with Gasteiger partial charge < -0.3 is 0 Å². The predicted octanol–water partition coefficient (Wildman–Crippen LogP) is 1.43. The van der Waals surface area contributed by atoms with Gasteiger partial charge in [-0.05, 0) is 29.5 Å². The molecule has 1 aromatic carbocycles. The summed E-state index contributed by atoms with van der Waals surface area (Å²) in [6, 6.07) is 9.85. The van der Waals surface area contributed by atoms with Crippen molar-refractivity contribution in [3.63, 3.8) is 0 Å². The van der Waals surface area contributed by atoms with E-state index < -0.39 is 0 Å². The van der Waals surface area contributed by atoms with Crippen LogP contribution in [0.2, 0.25) is 0 Å². The first-order valence-electron chi connectivity index (χ1n) is 4.92. The van der Waals surface area contributed by atoms with Crippen molar-refractivity contribution >= 4 is 10.9 Å². The molecular formula is C11H9N5. The minimum absolute atomic E-state index is 0.633. The summed E-state index contributed by atoms with van der Waals surface area (Å²) in [5.74, 6) is 0.633. The Morgan fingerprint density at radius 1 is 1.19 bits per heavy atom. The largest absolute Gasteiger partial charge is 0.256 e. The van der Waals surface area contributed by atoms with Gasteiger partial charge in [0, 0.05) is 17.1 Å². The zero-order valence-corrected chi connectivity index (χ0v) is 8.70. The number of nitrogens with zero attached hydrogens (tertiary/aromatic N) is 5. The number of hydrogen-bond acceptors (Lipinski definition) is 4. The Labute approximate surface area is 91.7 Å². The number of tetrazole rings is 1. The second-order valence-electron chi connectivity index (χ2n) is 3.51. The molecule has 5 nitrogen and oxygen atoms in total. The van der Waals surface area contributed by atoms with Gasteiger partial charge in [0.2, 0.25) is 5.82 Å². The van der Waals surface area contributed by atoms with Gasteiger partial charge in [-0.2, -0.15) is 4.80 Å². The zero-order valence-electron chi connectivity index (χ0n) is 8.70. The van der Waals surface area contributed by atoms with Gasteiger partial charge in [-0.1, -0.05) is 6.07 Å². The van der Waals surface area contributed by atoms with Crippen molar-refractivity contribution in [1.82, 2.24) is 25.2 Å². The number of benzene rings is 1. The Balaban J connectivity index is 2.18. The second kappa shape index (κ2) is 3.37. The Morgan fingerprint density at radius 3 is 2.94 bits per heavy atom. The molecule has 0 fully saturated rings. The summed E-state index contributed by atoms with van der Waals surface area (Å²) in [5.41, 5.74) is 1.92. The van der Waals surface area contributed by atoms with Crippen molar-refractivity contribution in [2.24, 2.45) is 7.05 Å². The summed E-state index contributed by atoms with van der Waals surface area (Å²) in [7, 11) is 1.75. The highest BCUT2D eigenvalue weighted by Crippen LogP contribution is 2.19. The fraction of sp³-hybridized carbons (Fsp3) is 0.0909. The molecule has 0 spiro atoms. The van der Waals surface area contributed by atoms with Crippen molar-refractivity contribution in [1.29, 1.82) is 0 Å². The number of aryl methyl sites for hydroxylation is 1. The third-order valence-corrected chi connectivity index (χ3v) is 2.37. The van der Waals surface area contributed by atoms with Gasteiger partial charge in [0.05, 0.1) is 12.6 Å². The topological polar surface area (TPSA) is 56.5 Å². The fourth-order valence-corrected chi connectivity index (χ4v) is 1.61. The lowest BCUT2D eigenvalue weighted by Gasteiger charge is -1.98. The molecule has 16 heavy (non-hydrogen) atoms. The quantitative estimate of drug-likeness (QED) is 0.611. The smallest absolute Gasteiger partial charge is 0.204 e. The molecule has 2 heterocycles. The number of fused-ring (bicyclic) bond motifs is 1. The molecule has 0 saturated carbocycles. The predicted molar refractivity (Wildman–Crippen MR) is 59.5 cm³/mol. The minimum Gasteiger partial charge on any atom is -0.256 e. The van der Waals surface area contributed by atoms with Gasteiger partial charge in [0.15, 0.2) is 0 Å². The molecule has 0 amide bonds. The van der Waals surface area contributed by atoms with Gasteiger partial charge in [-0.3, -0.25) is 4.98 Å². The zero-order chi connectivity index (χ0) is 11.0. The van der Waals surface area contributed by atoms with Crippen molar-refractivity contribution in [3.05, 3.63) is 36.5 Å². The van der Waals surface area contributed by atoms with Crippen LogP contribution in [0.15, 0.2) is 36.5 Å². The Kier molecular flexibility index (Phi) is 1.89. The lowest BCUT2D eigenvalue weighted by molar-refractivity contribution is 0.630. The van der Waals surface area contributed by atoms with Crippen LogP contribution in [-0.2, 0) is 7.05 Å². The fourth-order valence-electron chi connectivity index (χ4n) is 1.61. The second-order valence-corrected chi connectivity index (χ2v) is 3.51. The van der Waals surface area contributed by atoms with E-state index in [2.05, 4.69) is 20.4 Å². The molecule has 0 aliphatic carbocycles. The molecule has 0 aliphatic rings. The van der Waals surface area contributed by atoms with Crippen molar-refractivity contribution in [2.45, 2.75) is 0 Å². The van der Waals surface area contributed by atoms with Gasteiger partial charge in [-0.15, -0.1) is 10.2 Å². The highest BCUT2D eigenvalue weighted by Gasteiger charge is 2.04. The van der Waals surface area contributed by atoms with Crippen LogP contribution in [-0.4, -0.2) is 25.2 Å². The van der Waals surface area contributed by atoms with Crippen LogP contribution in [0.4, 0.5) is 0 Å². The molecule has 0 unspecified atom stereocenters. The van der Waals surface area contributed by atoms with Crippen LogP contribution in [0.5, 0.6) is 0 Å². The van der Waals surface area contributed by atoms with E-state index >= 15 is 0 Å².